The third-order valence-corrected chi connectivity index (χ3v) is 4.64. The van der Waals surface area contributed by atoms with Gasteiger partial charge >= 0.3 is 0 Å². The molecule has 0 spiro atoms. The number of hydrogen-bond donors (Lipinski definition) is 1. The third-order valence-electron chi connectivity index (χ3n) is 4.64. The lowest BCUT2D eigenvalue weighted by Gasteiger charge is -2.17. The Bertz CT molecular complexity index is 1030. The van der Waals surface area contributed by atoms with Crippen molar-refractivity contribution in [2.75, 3.05) is 18.9 Å². The highest BCUT2D eigenvalue weighted by molar-refractivity contribution is 6.00. The van der Waals surface area contributed by atoms with E-state index in [4.69, 9.17) is 4.52 Å². The summed E-state index contributed by atoms with van der Waals surface area (Å²) in [7, 11) is 1.61. The molecule has 2 heterocycles. The lowest BCUT2D eigenvalue weighted by molar-refractivity contribution is -0.116. The maximum atomic E-state index is 12.9. The summed E-state index contributed by atoms with van der Waals surface area (Å²) in [4.78, 5) is 26.5. The molecule has 1 N–H and O–H groups in total. The fourth-order valence-corrected chi connectivity index (χ4v) is 3.26. The number of benzene rings is 1. The fourth-order valence-electron chi connectivity index (χ4n) is 3.26. The Morgan fingerprint density at radius 1 is 1.14 bits per heavy atom. The van der Waals surface area contributed by atoms with Crippen LogP contribution in [0.5, 0.6) is 0 Å². The van der Waals surface area contributed by atoms with Crippen LogP contribution in [0.15, 0.2) is 40.9 Å². The number of nitrogens with zero attached hydrogens (tertiary/aromatic N) is 3. The summed E-state index contributed by atoms with van der Waals surface area (Å²) in [5.41, 5.74) is 4.55. The molecule has 0 aliphatic rings. The van der Waals surface area contributed by atoms with Crippen LogP contribution in [-0.4, -0.2) is 40.0 Å². The number of nitrogens with one attached hydrogen (secondary N) is 1. The van der Waals surface area contributed by atoms with Gasteiger partial charge < -0.3 is 19.3 Å². The summed E-state index contributed by atoms with van der Waals surface area (Å²) < 4.78 is 6.99. The number of anilines is 1. The van der Waals surface area contributed by atoms with Crippen LogP contribution in [0.4, 0.5) is 5.82 Å². The van der Waals surface area contributed by atoms with Crippen molar-refractivity contribution in [1.82, 2.24) is 14.6 Å². The van der Waals surface area contributed by atoms with Crippen molar-refractivity contribution in [1.29, 1.82) is 0 Å². The number of para-hydroxylation sites is 1. The van der Waals surface area contributed by atoms with Gasteiger partial charge in [-0.15, -0.1) is 0 Å². The van der Waals surface area contributed by atoms with Crippen LogP contribution in [0.3, 0.4) is 0 Å². The second-order valence-corrected chi connectivity index (χ2v) is 6.94. The van der Waals surface area contributed by atoms with Gasteiger partial charge in [-0.05, 0) is 45.4 Å². The van der Waals surface area contributed by atoms with E-state index < -0.39 is 0 Å². The SMILES string of the molecule is Cc1cc(NC(=O)CN(C)C(=O)c2cc(C)n(-c3ccccc3C)c2C)no1. The predicted molar refractivity (Wildman–Crippen MR) is 107 cm³/mol. The van der Waals surface area contributed by atoms with Crippen molar-refractivity contribution >= 4 is 17.6 Å². The topological polar surface area (TPSA) is 80.4 Å². The van der Waals surface area contributed by atoms with Gasteiger partial charge in [0.1, 0.15) is 5.76 Å². The van der Waals surface area contributed by atoms with Crippen LogP contribution in [0.1, 0.15) is 33.1 Å². The Labute approximate surface area is 163 Å². The minimum absolute atomic E-state index is 0.0846. The van der Waals surface area contributed by atoms with Gasteiger partial charge in [-0.1, -0.05) is 23.4 Å². The molecule has 0 saturated carbocycles. The normalized spacial score (nSPS) is 10.8. The number of carbonyl (C=O) groups is 2. The van der Waals surface area contributed by atoms with Crippen LogP contribution in [0.25, 0.3) is 5.69 Å². The van der Waals surface area contributed by atoms with E-state index in [1.807, 2.05) is 51.1 Å². The van der Waals surface area contributed by atoms with Crippen LogP contribution in [-0.2, 0) is 4.79 Å². The van der Waals surface area contributed by atoms with E-state index in [9.17, 15) is 9.59 Å². The summed E-state index contributed by atoms with van der Waals surface area (Å²) in [6.07, 6.45) is 0. The molecule has 7 nitrogen and oxygen atoms in total. The van der Waals surface area contributed by atoms with Gasteiger partial charge in [0.15, 0.2) is 5.82 Å². The maximum Gasteiger partial charge on any atom is 0.255 e. The van der Waals surface area contributed by atoms with Gasteiger partial charge in [-0.3, -0.25) is 9.59 Å². The zero-order chi connectivity index (χ0) is 20.4. The Hall–Kier alpha value is -3.35. The molecule has 0 fully saturated rings. The van der Waals surface area contributed by atoms with E-state index in [2.05, 4.69) is 15.0 Å². The monoisotopic (exact) mass is 380 g/mol. The second-order valence-electron chi connectivity index (χ2n) is 6.94. The molecule has 0 radical (unpaired) electrons. The first-order valence-corrected chi connectivity index (χ1v) is 9.01. The fraction of sp³-hybridized carbons (Fsp3) is 0.286. The predicted octanol–water partition coefficient (Wildman–Crippen LogP) is 3.41. The number of aromatic nitrogens is 2. The number of hydrogen-bond acceptors (Lipinski definition) is 4. The zero-order valence-electron chi connectivity index (χ0n) is 16.7. The first kappa shape index (κ1) is 19.4. The van der Waals surface area contributed by atoms with E-state index in [0.29, 0.717) is 17.1 Å². The summed E-state index contributed by atoms with van der Waals surface area (Å²) >= 11 is 0. The van der Waals surface area contributed by atoms with E-state index in [1.54, 1.807) is 20.0 Å². The van der Waals surface area contributed by atoms with E-state index in [-0.39, 0.29) is 18.4 Å². The molecule has 7 heteroatoms. The number of likely N-dealkylation sites (N-methyl/N-ethyl adjacent to an activating group) is 1. The van der Waals surface area contributed by atoms with Gasteiger partial charge in [0.05, 0.1) is 12.1 Å². The summed E-state index contributed by atoms with van der Waals surface area (Å²) in [6.45, 7) is 7.58. The van der Waals surface area contributed by atoms with Gasteiger partial charge in [0.2, 0.25) is 5.91 Å². The van der Waals surface area contributed by atoms with Gasteiger partial charge in [-0.25, -0.2) is 0 Å². The minimum atomic E-state index is -0.336. The molecule has 0 unspecified atom stereocenters. The molecule has 146 valence electrons. The van der Waals surface area contributed by atoms with Crippen molar-refractivity contribution in [3.8, 4) is 5.69 Å². The Balaban J connectivity index is 1.78. The molecular weight excluding hydrogens is 356 g/mol. The summed E-state index contributed by atoms with van der Waals surface area (Å²) in [6, 6.07) is 11.5. The average Bonchev–Trinajstić information content (AvgIpc) is 3.17. The van der Waals surface area contributed by atoms with E-state index in [0.717, 1.165) is 22.6 Å². The Morgan fingerprint density at radius 2 is 1.86 bits per heavy atom. The molecule has 2 aromatic heterocycles. The highest BCUT2D eigenvalue weighted by Gasteiger charge is 2.22. The van der Waals surface area contributed by atoms with Crippen molar-refractivity contribution in [3.05, 3.63) is 64.7 Å². The number of carbonyl (C=O) groups excluding carboxylic acids is 2. The largest absolute Gasteiger partial charge is 0.360 e. The van der Waals surface area contributed by atoms with E-state index in [1.165, 1.54) is 4.90 Å². The van der Waals surface area contributed by atoms with Crippen molar-refractivity contribution in [3.63, 3.8) is 0 Å². The molecule has 0 aliphatic carbocycles. The quantitative estimate of drug-likeness (QED) is 0.736. The van der Waals surface area contributed by atoms with Crippen LogP contribution < -0.4 is 5.32 Å². The summed E-state index contributed by atoms with van der Waals surface area (Å²) in [5.74, 6) is 0.390. The zero-order valence-corrected chi connectivity index (χ0v) is 16.7. The first-order valence-electron chi connectivity index (χ1n) is 9.01. The number of aryl methyl sites for hydroxylation is 3. The molecule has 0 atom stereocenters. The lowest BCUT2D eigenvalue weighted by Crippen LogP contribution is -2.35. The smallest absolute Gasteiger partial charge is 0.255 e. The Kier molecular flexibility index (Phi) is 5.35. The molecule has 0 saturated heterocycles. The second kappa shape index (κ2) is 7.72. The molecule has 1 aromatic carbocycles. The molecule has 3 aromatic rings. The molecule has 0 aliphatic heterocycles. The Morgan fingerprint density at radius 3 is 2.50 bits per heavy atom. The average molecular weight is 380 g/mol. The molecule has 0 bridgehead atoms. The highest BCUT2D eigenvalue weighted by atomic mass is 16.5. The molecule has 28 heavy (non-hydrogen) atoms. The van der Waals surface area contributed by atoms with Crippen LogP contribution in [0, 0.1) is 27.7 Å². The first-order chi connectivity index (χ1) is 13.3. The maximum absolute atomic E-state index is 12.9. The van der Waals surface area contributed by atoms with E-state index >= 15 is 0 Å². The lowest BCUT2D eigenvalue weighted by atomic mass is 10.2. The van der Waals surface area contributed by atoms with Crippen LogP contribution in [0.2, 0.25) is 0 Å². The summed E-state index contributed by atoms with van der Waals surface area (Å²) in [5, 5.41) is 6.34. The molecule has 2 amide bonds. The van der Waals surface area contributed by atoms with Gasteiger partial charge in [-0.2, -0.15) is 0 Å². The molecular formula is C21H24N4O3. The van der Waals surface area contributed by atoms with Crippen molar-refractivity contribution in [2.24, 2.45) is 0 Å². The standard InChI is InChI=1S/C21H24N4O3/c1-13-8-6-7-9-18(13)25-14(2)10-17(16(25)4)21(27)24(5)12-20(26)22-19-11-15(3)28-23-19/h6-11H,12H2,1-5H3,(H,22,23,26). The highest BCUT2D eigenvalue weighted by Crippen LogP contribution is 2.24. The number of amides is 2. The van der Waals surface area contributed by atoms with Crippen LogP contribution >= 0.6 is 0 Å². The van der Waals surface area contributed by atoms with Gasteiger partial charge in [0, 0.05) is 30.2 Å². The number of rotatable bonds is 5. The van der Waals surface area contributed by atoms with Crippen molar-refractivity contribution < 1.29 is 14.1 Å². The van der Waals surface area contributed by atoms with Gasteiger partial charge in [0.25, 0.3) is 5.91 Å². The molecule has 3 rings (SSSR count). The third kappa shape index (κ3) is 3.83. The van der Waals surface area contributed by atoms with Crippen molar-refractivity contribution in [2.45, 2.75) is 27.7 Å². The minimum Gasteiger partial charge on any atom is -0.360 e.